The van der Waals surface area contributed by atoms with Gasteiger partial charge in [-0.15, -0.1) is 0 Å². The van der Waals surface area contributed by atoms with Crippen molar-refractivity contribution in [2.24, 2.45) is 0 Å². The summed E-state index contributed by atoms with van der Waals surface area (Å²) in [5, 5.41) is 7.02. The largest absolute Gasteiger partial charge is 0.366 e. The minimum absolute atomic E-state index is 0.307. The summed E-state index contributed by atoms with van der Waals surface area (Å²) in [5.74, 6) is 0.821. The van der Waals surface area contributed by atoms with Crippen molar-refractivity contribution in [2.45, 2.75) is 25.8 Å². The van der Waals surface area contributed by atoms with Crippen molar-refractivity contribution in [1.82, 2.24) is 15.3 Å². The van der Waals surface area contributed by atoms with Crippen molar-refractivity contribution < 1.29 is 0 Å². The second-order valence-corrected chi connectivity index (χ2v) is 4.19. The van der Waals surface area contributed by atoms with E-state index < -0.39 is 0 Å². The lowest BCUT2D eigenvalue weighted by Crippen LogP contribution is -2.38. The van der Waals surface area contributed by atoms with Crippen LogP contribution in [0, 0.1) is 6.92 Å². The molecule has 0 spiro atoms. The number of aromatic nitrogens is 2. The fourth-order valence-corrected chi connectivity index (χ4v) is 2.01. The van der Waals surface area contributed by atoms with E-state index in [0.29, 0.717) is 11.3 Å². The van der Waals surface area contributed by atoms with Crippen molar-refractivity contribution in [3.63, 3.8) is 0 Å². The van der Waals surface area contributed by atoms with Gasteiger partial charge in [0.25, 0.3) is 0 Å². The van der Waals surface area contributed by atoms with E-state index >= 15 is 0 Å². The molecular weight excluding hydrogens is 212 g/mol. The van der Waals surface area contributed by atoms with Crippen molar-refractivity contribution in [3.8, 4) is 0 Å². The maximum Gasteiger partial charge on any atom is 0.224 e. The molecule has 0 saturated carbocycles. The van der Waals surface area contributed by atoms with E-state index in [1.165, 1.54) is 12.8 Å². The molecule has 4 nitrogen and oxygen atoms in total. The highest BCUT2D eigenvalue weighted by Gasteiger charge is 2.13. The molecule has 0 amide bonds. The van der Waals surface area contributed by atoms with Crippen LogP contribution >= 0.6 is 11.6 Å². The van der Waals surface area contributed by atoms with Gasteiger partial charge in [-0.1, -0.05) is 0 Å². The van der Waals surface area contributed by atoms with Crippen LogP contribution in [0.5, 0.6) is 0 Å². The van der Waals surface area contributed by atoms with Gasteiger partial charge in [0.2, 0.25) is 5.28 Å². The number of nitrogens with zero attached hydrogens (tertiary/aromatic N) is 2. The standard InChI is InChI=1S/C10H15ClN4/c1-7-5-9(15-10(11)13-7)14-8-3-2-4-12-6-8/h5,8,12H,2-4,6H2,1H3,(H,13,14,15)/t8-/m0/s1. The van der Waals surface area contributed by atoms with E-state index in [1.54, 1.807) is 0 Å². The van der Waals surface area contributed by atoms with Crippen LogP contribution in [0.15, 0.2) is 6.07 Å². The SMILES string of the molecule is Cc1cc(N[C@H]2CCCNC2)nc(Cl)n1. The van der Waals surface area contributed by atoms with Gasteiger partial charge in [-0.05, 0) is 37.9 Å². The van der Waals surface area contributed by atoms with Crippen molar-refractivity contribution >= 4 is 17.4 Å². The lowest BCUT2D eigenvalue weighted by molar-refractivity contribution is 0.479. The van der Waals surface area contributed by atoms with Crippen molar-refractivity contribution in [2.75, 3.05) is 18.4 Å². The predicted molar refractivity (Wildman–Crippen MR) is 61.3 cm³/mol. The zero-order valence-electron chi connectivity index (χ0n) is 8.76. The fraction of sp³-hybridized carbons (Fsp3) is 0.600. The zero-order chi connectivity index (χ0) is 10.7. The summed E-state index contributed by atoms with van der Waals surface area (Å²) in [6, 6.07) is 2.37. The smallest absolute Gasteiger partial charge is 0.224 e. The predicted octanol–water partition coefficient (Wildman–Crippen LogP) is 1.60. The third-order valence-corrected chi connectivity index (χ3v) is 2.64. The number of halogens is 1. The Morgan fingerprint density at radius 2 is 2.40 bits per heavy atom. The van der Waals surface area contributed by atoms with E-state index in [-0.39, 0.29) is 0 Å². The Kier molecular flexibility index (Phi) is 3.38. The summed E-state index contributed by atoms with van der Waals surface area (Å²) in [6.07, 6.45) is 2.38. The van der Waals surface area contributed by atoms with Crippen LogP contribution in [0.2, 0.25) is 5.28 Å². The molecule has 5 heteroatoms. The summed E-state index contributed by atoms with van der Waals surface area (Å²) < 4.78 is 0. The van der Waals surface area contributed by atoms with Crippen molar-refractivity contribution in [1.29, 1.82) is 0 Å². The number of piperidine rings is 1. The number of hydrogen-bond acceptors (Lipinski definition) is 4. The Hall–Kier alpha value is -0.870. The molecule has 82 valence electrons. The van der Waals surface area contributed by atoms with E-state index in [1.807, 2.05) is 13.0 Å². The van der Waals surface area contributed by atoms with Crippen LogP contribution in [0.3, 0.4) is 0 Å². The lowest BCUT2D eigenvalue weighted by atomic mass is 10.1. The molecule has 0 aliphatic carbocycles. The van der Waals surface area contributed by atoms with E-state index in [4.69, 9.17) is 11.6 Å². The second-order valence-electron chi connectivity index (χ2n) is 3.85. The lowest BCUT2D eigenvalue weighted by Gasteiger charge is -2.24. The summed E-state index contributed by atoms with van der Waals surface area (Å²) in [4.78, 5) is 8.17. The molecular formula is C10H15ClN4. The average molecular weight is 227 g/mol. The molecule has 0 unspecified atom stereocenters. The molecule has 1 fully saturated rings. The Morgan fingerprint density at radius 1 is 1.53 bits per heavy atom. The molecule has 1 aromatic rings. The zero-order valence-corrected chi connectivity index (χ0v) is 9.51. The first-order valence-corrected chi connectivity index (χ1v) is 5.60. The van der Waals surface area contributed by atoms with Crippen LogP contribution in [0.25, 0.3) is 0 Å². The molecule has 15 heavy (non-hydrogen) atoms. The molecule has 2 rings (SSSR count). The molecule has 0 bridgehead atoms. The van der Waals surface area contributed by atoms with Crippen LogP contribution in [0.1, 0.15) is 18.5 Å². The maximum absolute atomic E-state index is 5.79. The van der Waals surface area contributed by atoms with Gasteiger partial charge in [-0.25, -0.2) is 9.97 Å². The third-order valence-electron chi connectivity index (χ3n) is 2.48. The fourth-order valence-electron chi connectivity index (χ4n) is 1.79. The monoisotopic (exact) mass is 226 g/mol. The Balaban J connectivity index is 2.02. The van der Waals surface area contributed by atoms with Gasteiger partial charge in [-0.2, -0.15) is 0 Å². The van der Waals surface area contributed by atoms with E-state index in [0.717, 1.165) is 24.6 Å². The Bertz CT molecular complexity index is 316. The molecule has 1 aliphatic rings. The molecule has 1 saturated heterocycles. The first-order chi connectivity index (χ1) is 7.24. The summed E-state index contributed by atoms with van der Waals surface area (Å²) >= 11 is 5.79. The van der Waals surface area contributed by atoms with Gasteiger partial charge in [0.15, 0.2) is 0 Å². The summed E-state index contributed by atoms with van der Waals surface area (Å²) in [6.45, 7) is 4.01. The van der Waals surface area contributed by atoms with Gasteiger partial charge in [0.1, 0.15) is 5.82 Å². The minimum atomic E-state index is 0.307. The number of anilines is 1. The molecule has 1 atom stereocenters. The highest BCUT2D eigenvalue weighted by atomic mass is 35.5. The molecule has 2 N–H and O–H groups in total. The maximum atomic E-state index is 5.79. The molecule has 0 aromatic carbocycles. The van der Waals surface area contributed by atoms with Crippen LogP contribution in [0.4, 0.5) is 5.82 Å². The van der Waals surface area contributed by atoms with Gasteiger partial charge in [-0.3, -0.25) is 0 Å². The normalized spacial score (nSPS) is 21.3. The number of nitrogens with one attached hydrogen (secondary N) is 2. The number of rotatable bonds is 2. The molecule has 1 aliphatic heterocycles. The quantitative estimate of drug-likeness (QED) is 0.753. The number of aryl methyl sites for hydroxylation is 1. The highest BCUT2D eigenvalue weighted by molar-refractivity contribution is 6.28. The van der Waals surface area contributed by atoms with E-state index in [9.17, 15) is 0 Å². The first-order valence-electron chi connectivity index (χ1n) is 5.22. The topological polar surface area (TPSA) is 49.8 Å². The number of hydrogen-bond donors (Lipinski definition) is 2. The van der Waals surface area contributed by atoms with Gasteiger partial charge in [0, 0.05) is 24.3 Å². The van der Waals surface area contributed by atoms with Crippen LogP contribution < -0.4 is 10.6 Å². The molecule has 0 radical (unpaired) electrons. The summed E-state index contributed by atoms with van der Waals surface area (Å²) in [5.41, 5.74) is 0.890. The third kappa shape index (κ3) is 3.04. The second kappa shape index (κ2) is 4.77. The molecule has 2 heterocycles. The average Bonchev–Trinajstić information content (AvgIpc) is 2.17. The first kappa shape index (κ1) is 10.6. The summed E-state index contributed by atoms with van der Waals surface area (Å²) in [7, 11) is 0. The van der Waals surface area contributed by atoms with Crippen molar-refractivity contribution in [3.05, 3.63) is 17.0 Å². The van der Waals surface area contributed by atoms with E-state index in [2.05, 4.69) is 20.6 Å². The molecule has 1 aromatic heterocycles. The Morgan fingerprint density at radius 3 is 3.07 bits per heavy atom. The van der Waals surface area contributed by atoms with Gasteiger partial charge >= 0.3 is 0 Å². The van der Waals surface area contributed by atoms with Crippen LogP contribution in [-0.4, -0.2) is 29.1 Å². The minimum Gasteiger partial charge on any atom is -0.366 e. The van der Waals surface area contributed by atoms with Crippen LogP contribution in [-0.2, 0) is 0 Å². The van der Waals surface area contributed by atoms with Gasteiger partial charge in [0.05, 0.1) is 0 Å². The Labute approximate surface area is 94.5 Å². The highest BCUT2D eigenvalue weighted by Crippen LogP contribution is 2.13. The van der Waals surface area contributed by atoms with Gasteiger partial charge < -0.3 is 10.6 Å².